The summed E-state index contributed by atoms with van der Waals surface area (Å²) in [6.45, 7) is 8.67. The Morgan fingerprint density at radius 3 is 2.68 bits per heavy atom. The molecule has 7 nitrogen and oxygen atoms in total. The first kappa shape index (κ1) is 18.2. The number of rotatable bonds is 6. The molecular formula is C18H32N6O. The Hall–Kier alpha value is -1.60. The van der Waals surface area contributed by atoms with Crippen LogP contribution in [0, 0.1) is 0 Å². The van der Waals surface area contributed by atoms with Gasteiger partial charge in [-0.2, -0.15) is 5.10 Å². The van der Waals surface area contributed by atoms with Crippen LogP contribution in [0.4, 0.5) is 0 Å². The van der Waals surface area contributed by atoms with E-state index in [1.165, 1.54) is 25.9 Å². The van der Waals surface area contributed by atoms with Crippen molar-refractivity contribution in [2.75, 3.05) is 39.4 Å². The van der Waals surface area contributed by atoms with Gasteiger partial charge in [-0.05, 0) is 51.8 Å². The molecule has 0 radical (unpaired) electrons. The first-order valence-corrected chi connectivity index (χ1v) is 9.55. The summed E-state index contributed by atoms with van der Waals surface area (Å²) >= 11 is 0. The lowest BCUT2D eigenvalue weighted by molar-refractivity contribution is -0.0164. The summed E-state index contributed by atoms with van der Waals surface area (Å²) in [6, 6.07) is 2.01. The molecule has 2 saturated heterocycles. The molecule has 0 unspecified atom stereocenters. The number of nitrogens with zero attached hydrogens (tertiary/aromatic N) is 4. The van der Waals surface area contributed by atoms with E-state index in [1.807, 2.05) is 24.0 Å². The lowest BCUT2D eigenvalue weighted by Gasteiger charge is -2.45. The fourth-order valence-corrected chi connectivity index (χ4v) is 3.85. The van der Waals surface area contributed by atoms with Crippen LogP contribution in [0.1, 0.15) is 38.3 Å². The molecule has 2 fully saturated rings. The maximum absolute atomic E-state index is 5.64. The molecule has 0 saturated carbocycles. The summed E-state index contributed by atoms with van der Waals surface area (Å²) in [5.41, 5.74) is 1.31. The van der Waals surface area contributed by atoms with E-state index in [4.69, 9.17) is 9.73 Å². The number of hydrogen-bond acceptors (Lipinski definition) is 4. The van der Waals surface area contributed by atoms with Gasteiger partial charge in [0, 0.05) is 45.1 Å². The second-order valence-electron chi connectivity index (χ2n) is 7.03. The van der Waals surface area contributed by atoms with Crippen LogP contribution in [0.2, 0.25) is 0 Å². The second-order valence-corrected chi connectivity index (χ2v) is 7.03. The molecule has 1 aromatic rings. The molecule has 0 aromatic carbocycles. The Balaban J connectivity index is 1.64. The van der Waals surface area contributed by atoms with E-state index in [1.54, 1.807) is 0 Å². The van der Waals surface area contributed by atoms with E-state index in [9.17, 15) is 0 Å². The number of likely N-dealkylation sites (tertiary alicyclic amines) is 1. The third-order valence-electron chi connectivity index (χ3n) is 5.45. The molecule has 0 aliphatic carbocycles. The lowest BCUT2D eigenvalue weighted by atomic mass is 9.88. The van der Waals surface area contributed by atoms with Crippen molar-refractivity contribution in [2.45, 2.75) is 44.7 Å². The van der Waals surface area contributed by atoms with Gasteiger partial charge in [0.1, 0.15) is 0 Å². The van der Waals surface area contributed by atoms with E-state index >= 15 is 0 Å². The monoisotopic (exact) mass is 348 g/mol. The number of guanidine groups is 1. The standard InChI is InChI=1S/C18H32N6O/c1-3-19-17(20-14-16-6-9-22-23(16)2)21-15-18(7-12-25-13-8-18)24-10-4-5-11-24/h6,9H,3-5,7-8,10-15H2,1-2H3,(H2,19,20,21). The molecular weight excluding hydrogens is 316 g/mol. The Kier molecular flexibility index (Phi) is 6.31. The molecule has 2 aliphatic rings. The highest BCUT2D eigenvalue weighted by Crippen LogP contribution is 2.30. The Morgan fingerprint density at radius 2 is 2.04 bits per heavy atom. The molecule has 0 bridgehead atoms. The van der Waals surface area contributed by atoms with Crippen molar-refractivity contribution >= 4 is 5.96 Å². The fourth-order valence-electron chi connectivity index (χ4n) is 3.85. The zero-order valence-electron chi connectivity index (χ0n) is 15.6. The maximum atomic E-state index is 5.64. The minimum Gasteiger partial charge on any atom is -0.381 e. The minimum atomic E-state index is 0.206. The molecule has 7 heteroatoms. The smallest absolute Gasteiger partial charge is 0.191 e. The van der Waals surface area contributed by atoms with Crippen LogP contribution in [0.3, 0.4) is 0 Å². The lowest BCUT2D eigenvalue weighted by Crippen LogP contribution is -2.58. The maximum Gasteiger partial charge on any atom is 0.191 e. The molecule has 2 aliphatic heterocycles. The summed E-state index contributed by atoms with van der Waals surface area (Å²) in [5, 5.41) is 11.2. The van der Waals surface area contributed by atoms with Gasteiger partial charge in [0.25, 0.3) is 0 Å². The van der Waals surface area contributed by atoms with Crippen molar-refractivity contribution in [3.8, 4) is 0 Å². The van der Waals surface area contributed by atoms with Gasteiger partial charge in [-0.15, -0.1) is 0 Å². The quantitative estimate of drug-likeness (QED) is 0.596. The largest absolute Gasteiger partial charge is 0.381 e. The van der Waals surface area contributed by atoms with Crippen LogP contribution in [0.5, 0.6) is 0 Å². The molecule has 3 rings (SSSR count). The highest BCUT2D eigenvalue weighted by Gasteiger charge is 2.39. The average Bonchev–Trinajstić information content (AvgIpc) is 3.30. The van der Waals surface area contributed by atoms with Gasteiger partial charge >= 0.3 is 0 Å². The van der Waals surface area contributed by atoms with E-state index in [0.717, 1.165) is 50.8 Å². The van der Waals surface area contributed by atoms with Gasteiger partial charge in [-0.3, -0.25) is 9.58 Å². The molecule has 25 heavy (non-hydrogen) atoms. The van der Waals surface area contributed by atoms with Crippen molar-refractivity contribution < 1.29 is 4.74 Å². The number of aliphatic imine (C=N–C) groups is 1. The minimum absolute atomic E-state index is 0.206. The van der Waals surface area contributed by atoms with Gasteiger partial charge < -0.3 is 15.4 Å². The van der Waals surface area contributed by atoms with E-state index in [-0.39, 0.29) is 5.54 Å². The third kappa shape index (κ3) is 4.52. The highest BCUT2D eigenvalue weighted by atomic mass is 16.5. The summed E-state index contributed by atoms with van der Waals surface area (Å²) in [7, 11) is 1.95. The summed E-state index contributed by atoms with van der Waals surface area (Å²) in [4.78, 5) is 7.42. The van der Waals surface area contributed by atoms with E-state index in [0.29, 0.717) is 6.54 Å². The zero-order chi connectivity index (χ0) is 17.5. The first-order valence-electron chi connectivity index (χ1n) is 9.55. The predicted molar refractivity (Wildman–Crippen MR) is 99.6 cm³/mol. The molecule has 0 atom stereocenters. The van der Waals surface area contributed by atoms with E-state index in [2.05, 4.69) is 27.6 Å². The third-order valence-corrected chi connectivity index (χ3v) is 5.45. The average molecular weight is 348 g/mol. The van der Waals surface area contributed by atoms with Gasteiger partial charge in [-0.25, -0.2) is 4.99 Å². The molecule has 1 aromatic heterocycles. The number of hydrogen-bond donors (Lipinski definition) is 2. The molecule has 0 amide bonds. The predicted octanol–water partition coefficient (Wildman–Crippen LogP) is 1.12. The number of ether oxygens (including phenoxy) is 1. The normalized spacial score (nSPS) is 21.4. The number of aromatic nitrogens is 2. The molecule has 0 spiro atoms. The summed E-state index contributed by atoms with van der Waals surface area (Å²) in [6.07, 6.45) is 6.65. The Labute approximate surface area is 150 Å². The van der Waals surface area contributed by atoms with Crippen molar-refractivity contribution in [3.63, 3.8) is 0 Å². The van der Waals surface area contributed by atoms with E-state index < -0.39 is 0 Å². The van der Waals surface area contributed by atoms with Gasteiger partial charge in [0.2, 0.25) is 0 Å². The van der Waals surface area contributed by atoms with Crippen LogP contribution >= 0.6 is 0 Å². The highest BCUT2D eigenvalue weighted by molar-refractivity contribution is 5.79. The van der Waals surface area contributed by atoms with Crippen LogP contribution < -0.4 is 10.6 Å². The van der Waals surface area contributed by atoms with Crippen LogP contribution in [-0.2, 0) is 18.3 Å². The van der Waals surface area contributed by atoms with Crippen LogP contribution in [0.25, 0.3) is 0 Å². The van der Waals surface area contributed by atoms with Crippen molar-refractivity contribution in [1.82, 2.24) is 25.3 Å². The summed E-state index contributed by atoms with van der Waals surface area (Å²) < 4.78 is 7.51. The fraction of sp³-hybridized carbons (Fsp3) is 0.778. The Morgan fingerprint density at radius 1 is 1.28 bits per heavy atom. The van der Waals surface area contributed by atoms with Gasteiger partial charge in [0.05, 0.1) is 12.2 Å². The SMILES string of the molecule is CCNC(=NCc1ccnn1C)NCC1(N2CCCC2)CCOCC1. The number of aryl methyl sites for hydroxylation is 1. The second kappa shape index (κ2) is 8.67. The van der Waals surface area contributed by atoms with Crippen LogP contribution in [0.15, 0.2) is 17.3 Å². The number of nitrogens with one attached hydrogen (secondary N) is 2. The Bertz CT molecular complexity index is 558. The molecule has 140 valence electrons. The first-order chi connectivity index (χ1) is 12.2. The zero-order valence-corrected chi connectivity index (χ0v) is 15.6. The van der Waals surface area contributed by atoms with Crippen molar-refractivity contribution in [2.24, 2.45) is 12.0 Å². The summed E-state index contributed by atoms with van der Waals surface area (Å²) in [5.74, 6) is 0.883. The topological polar surface area (TPSA) is 66.7 Å². The van der Waals surface area contributed by atoms with Gasteiger partial charge in [0.15, 0.2) is 5.96 Å². The van der Waals surface area contributed by atoms with Crippen molar-refractivity contribution in [3.05, 3.63) is 18.0 Å². The molecule has 3 heterocycles. The van der Waals surface area contributed by atoms with Crippen molar-refractivity contribution in [1.29, 1.82) is 0 Å². The van der Waals surface area contributed by atoms with Gasteiger partial charge in [-0.1, -0.05) is 0 Å². The van der Waals surface area contributed by atoms with Crippen LogP contribution in [-0.4, -0.2) is 65.6 Å². The molecule has 2 N–H and O–H groups in total.